The number of nitrogens with one attached hydrogen (secondary N) is 2. The second-order valence-corrected chi connectivity index (χ2v) is 10.1. The van der Waals surface area contributed by atoms with E-state index >= 15 is 0 Å². The molecule has 1 aromatic carbocycles. The first-order chi connectivity index (χ1) is 14.9. The molecule has 0 aromatic heterocycles. The van der Waals surface area contributed by atoms with Gasteiger partial charge in [-0.15, -0.1) is 0 Å². The molecule has 1 saturated heterocycles. The average Bonchev–Trinajstić information content (AvgIpc) is 2.68. The largest absolute Gasteiger partial charge is 0.477 e. The van der Waals surface area contributed by atoms with Crippen molar-refractivity contribution in [3.8, 4) is 0 Å². The van der Waals surface area contributed by atoms with E-state index in [0.29, 0.717) is 11.1 Å². The van der Waals surface area contributed by atoms with Crippen molar-refractivity contribution < 1.29 is 33.2 Å². The Kier molecular flexibility index (Phi) is 6.40. The number of β-lactam (4-membered cyclic amide) rings is 1. The fourth-order valence-electron chi connectivity index (χ4n) is 3.57. The molecule has 2 heterocycles. The molecule has 2 aliphatic rings. The van der Waals surface area contributed by atoms with Gasteiger partial charge >= 0.3 is 12.1 Å². The third kappa shape index (κ3) is 4.67. The van der Waals surface area contributed by atoms with Crippen LogP contribution in [0.4, 0.5) is 4.79 Å². The summed E-state index contributed by atoms with van der Waals surface area (Å²) in [5, 5.41) is 13.5. The Labute approximate surface area is 187 Å². The van der Waals surface area contributed by atoms with Crippen LogP contribution >= 0.6 is 0 Å². The zero-order chi connectivity index (χ0) is 23.8. The maximum Gasteiger partial charge on any atom is 0.408 e. The van der Waals surface area contributed by atoms with Crippen LogP contribution < -0.4 is 10.6 Å². The highest BCUT2D eigenvalue weighted by molar-refractivity contribution is 7.86. The summed E-state index contributed by atoms with van der Waals surface area (Å²) in [6.07, 6.45) is -0.823. The maximum absolute atomic E-state index is 13.1. The average molecular weight is 464 g/mol. The molecule has 10 nitrogen and oxygen atoms in total. The van der Waals surface area contributed by atoms with E-state index < -0.39 is 57.7 Å². The molecule has 3 amide bonds. The summed E-state index contributed by atoms with van der Waals surface area (Å²) in [5.41, 5.74) is -0.218. The minimum absolute atomic E-state index is 0.0132. The third-order valence-electron chi connectivity index (χ3n) is 4.87. The number of ether oxygens (including phenoxy) is 1. The second kappa shape index (κ2) is 8.73. The number of nitrogens with zero attached hydrogens (tertiary/aromatic N) is 1. The SMILES string of the molecule is CC1=C(C(=O)O)N2C(=O)[C@@H](NC(=O)[C@H](NC(=O)OC(C)(C)C)c3ccccc3)C2S(=O)C1. The Balaban J connectivity index is 1.81. The number of aliphatic carboxylic acids is 1. The Hall–Kier alpha value is -3.21. The monoisotopic (exact) mass is 463 g/mol. The molecular weight excluding hydrogens is 438 g/mol. The fourth-order valence-corrected chi connectivity index (χ4v) is 5.24. The van der Waals surface area contributed by atoms with Crippen molar-refractivity contribution in [1.29, 1.82) is 0 Å². The number of hydrogen-bond acceptors (Lipinski definition) is 6. The number of carbonyl (C=O) groups excluding carboxylic acids is 3. The van der Waals surface area contributed by atoms with E-state index in [1.165, 1.54) is 6.92 Å². The fraction of sp³-hybridized carbons (Fsp3) is 0.429. The zero-order valence-corrected chi connectivity index (χ0v) is 18.9. The Morgan fingerprint density at radius 3 is 2.41 bits per heavy atom. The number of benzene rings is 1. The second-order valence-electron chi connectivity index (χ2n) is 8.53. The number of carbonyl (C=O) groups is 4. The highest BCUT2D eigenvalue weighted by Crippen LogP contribution is 2.35. The molecule has 2 aliphatic heterocycles. The van der Waals surface area contributed by atoms with Gasteiger partial charge < -0.3 is 20.5 Å². The topological polar surface area (TPSA) is 142 Å². The minimum atomic E-state index is -1.59. The lowest BCUT2D eigenvalue weighted by molar-refractivity contribution is -0.151. The van der Waals surface area contributed by atoms with Crippen LogP contribution in [0.15, 0.2) is 41.6 Å². The first kappa shape index (κ1) is 23.5. The van der Waals surface area contributed by atoms with Crippen LogP contribution in [0.5, 0.6) is 0 Å². The van der Waals surface area contributed by atoms with E-state index in [9.17, 15) is 28.5 Å². The molecule has 172 valence electrons. The van der Waals surface area contributed by atoms with Crippen molar-refractivity contribution in [2.45, 2.75) is 50.8 Å². The number of rotatable bonds is 5. The first-order valence-corrected chi connectivity index (χ1v) is 11.3. The lowest BCUT2D eigenvalue weighted by atomic mass is 10.0. The summed E-state index contributed by atoms with van der Waals surface area (Å²) in [6, 6.07) is 6.02. The predicted molar refractivity (Wildman–Crippen MR) is 114 cm³/mol. The number of carboxylic acid groups (broad SMARTS) is 1. The van der Waals surface area contributed by atoms with Gasteiger partial charge in [-0.3, -0.25) is 18.7 Å². The number of carboxylic acids is 1. The molecule has 2 unspecified atom stereocenters. The predicted octanol–water partition coefficient (Wildman–Crippen LogP) is 1.03. The van der Waals surface area contributed by atoms with Gasteiger partial charge in [-0.25, -0.2) is 9.59 Å². The summed E-state index contributed by atoms with van der Waals surface area (Å²) in [4.78, 5) is 50.6. The smallest absolute Gasteiger partial charge is 0.408 e. The summed E-state index contributed by atoms with van der Waals surface area (Å²) < 4.78 is 17.8. The minimum Gasteiger partial charge on any atom is -0.477 e. The van der Waals surface area contributed by atoms with E-state index in [4.69, 9.17) is 4.74 Å². The highest BCUT2D eigenvalue weighted by atomic mass is 32.2. The van der Waals surface area contributed by atoms with Gasteiger partial charge in [0.05, 0.1) is 10.8 Å². The van der Waals surface area contributed by atoms with E-state index in [1.54, 1.807) is 51.1 Å². The van der Waals surface area contributed by atoms with Gasteiger partial charge in [-0.05, 0) is 38.8 Å². The number of amides is 3. The van der Waals surface area contributed by atoms with Gasteiger partial charge in [0, 0.05) is 5.75 Å². The number of alkyl carbamates (subject to hydrolysis) is 1. The molecule has 0 spiro atoms. The lowest BCUT2D eigenvalue weighted by Gasteiger charge is -2.49. The number of fused-ring (bicyclic) bond motifs is 1. The van der Waals surface area contributed by atoms with Crippen molar-refractivity contribution in [2.24, 2.45) is 0 Å². The van der Waals surface area contributed by atoms with Crippen LogP contribution in [0.1, 0.15) is 39.3 Å². The molecule has 0 radical (unpaired) electrons. The molecule has 4 atom stereocenters. The molecule has 32 heavy (non-hydrogen) atoms. The first-order valence-electron chi connectivity index (χ1n) is 9.89. The van der Waals surface area contributed by atoms with Crippen molar-refractivity contribution in [2.75, 3.05) is 5.75 Å². The van der Waals surface area contributed by atoms with Crippen molar-refractivity contribution >= 4 is 34.7 Å². The van der Waals surface area contributed by atoms with Crippen LogP contribution in [0.25, 0.3) is 0 Å². The molecule has 0 bridgehead atoms. The Morgan fingerprint density at radius 1 is 1.22 bits per heavy atom. The molecule has 1 fully saturated rings. The van der Waals surface area contributed by atoms with Crippen LogP contribution in [-0.4, -0.2) is 60.9 Å². The van der Waals surface area contributed by atoms with Gasteiger partial charge in [-0.1, -0.05) is 30.3 Å². The normalized spacial score (nSPS) is 23.6. The van der Waals surface area contributed by atoms with Gasteiger partial charge in [0.15, 0.2) is 0 Å². The maximum atomic E-state index is 13.1. The Bertz CT molecular complexity index is 1020. The number of hydrogen-bond donors (Lipinski definition) is 3. The van der Waals surface area contributed by atoms with Crippen LogP contribution in [0.2, 0.25) is 0 Å². The van der Waals surface area contributed by atoms with E-state index in [0.717, 1.165) is 4.90 Å². The van der Waals surface area contributed by atoms with Crippen LogP contribution in [0, 0.1) is 0 Å². The summed E-state index contributed by atoms with van der Waals surface area (Å²) in [5.74, 6) is -2.69. The summed E-state index contributed by atoms with van der Waals surface area (Å²) >= 11 is 0. The van der Waals surface area contributed by atoms with Crippen LogP contribution in [-0.2, 0) is 29.9 Å². The van der Waals surface area contributed by atoms with Crippen LogP contribution in [0.3, 0.4) is 0 Å². The zero-order valence-electron chi connectivity index (χ0n) is 18.1. The molecule has 3 N–H and O–H groups in total. The van der Waals surface area contributed by atoms with Crippen molar-refractivity contribution in [1.82, 2.24) is 15.5 Å². The molecule has 3 rings (SSSR count). The van der Waals surface area contributed by atoms with E-state index in [-0.39, 0.29) is 11.4 Å². The van der Waals surface area contributed by atoms with E-state index in [2.05, 4.69) is 10.6 Å². The van der Waals surface area contributed by atoms with Gasteiger partial charge in [0.25, 0.3) is 5.91 Å². The lowest BCUT2D eigenvalue weighted by Crippen LogP contribution is -2.74. The quantitative estimate of drug-likeness (QED) is 0.554. The molecular formula is C21H25N3O7S. The van der Waals surface area contributed by atoms with Crippen molar-refractivity contribution in [3.63, 3.8) is 0 Å². The van der Waals surface area contributed by atoms with Gasteiger partial charge in [0.1, 0.15) is 28.8 Å². The summed E-state index contributed by atoms with van der Waals surface area (Å²) in [7, 11) is -1.59. The van der Waals surface area contributed by atoms with Crippen molar-refractivity contribution in [3.05, 3.63) is 47.2 Å². The molecule has 11 heteroatoms. The summed E-state index contributed by atoms with van der Waals surface area (Å²) in [6.45, 7) is 6.55. The highest BCUT2D eigenvalue weighted by Gasteiger charge is 2.57. The van der Waals surface area contributed by atoms with Gasteiger partial charge in [0.2, 0.25) is 5.91 Å². The molecule has 0 saturated carbocycles. The molecule has 0 aliphatic carbocycles. The Morgan fingerprint density at radius 2 is 1.84 bits per heavy atom. The van der Waals surface area contributed by atoms with E-state index in [1.807, 2.05) is 0 Å². The molecule has 1 aromatic rings. The van der Waals surface area contributed by atoms with Gasteiger partial charge in [-0.2, -0.15) is 0 Å². The standard InChI is InChI=1S/C21H25N3O7S/c1-11-10-32(30)18-14(17(26)24(18)15(11)19(27)28)22-16(25)13(12-8-6-5-7-9-12)23-20(29)31-21(2,3)4/h5-9,13-14,18H,10H2,1-4H3,(H,22,25)(H,23,29)(H,27,28)/t13-,14-,18?,32?/m1/s1. The third-order valence-corrected chi connectivity index (χ3v) is 6.61.